The molecule has 2 fully saturated rings. The highest BCUT2D eigenvalue weighted by molar-refractivity contribution is 5.97. The minimum atomic E-state index is -0.00575. The summed E-state index contributed by atoms with van der Waals surface area (Å²) in [7, 11) is 2.22. The van der Waals surface area contributed by atoms with Crippen molar-refractivity contribution >= 4 is 5.91 Å². The third kappa shape index (κ3) is 3.60. The topological polar surface area (TPSA) is 95.8 Å². The molecule has 1 saturated heterocycles. The number of rotatable bonds is 5. The number of hydrogen-bond donors (Lipinski definition) is 1. The van der Waals surface area contributed by atoms with Crippen LogP contribution in [0.2, 0.25) is 0 Å². The molecule has 2 aromatic heterocycles. The van der Waals surface area contributed by atoms with Crippen LogP contribution < -0.4 is 0 Å². The molecule has 156 valence electrons. The molecule has 3 atom stereocenters. The van der Waals surface area contributed by atoms with Gasteiger partial charge in [0.1, 0.15) is 11.9 Å². The minimum Gasteiger partial charge on any atom is -0.338 e. The summed E-state index contributed by atoms with van der Waals surface area (Å²) in [5.74, 6) is 1.75. The number of nitrogens with one attached hydrogen (secondary N) is 1. The number of amides is 1. The van der Waals surface area contributed by atoms with Gasteiger partial charge in [0, 0.05) is 25.7 Å². The van der Waals surface area contributed by atoms with E-state index in [1.54, 1.807) is 6.20 Å². The van der Waals surface area contributed by atoms with Gasteiger partial charge in [0.2, 0.25) is 0 Å². The summed E-state index contributed by atoms with van der Waals surface area (Å²) in [5, 5.41) is 18.0. The maximum atomic E-state index is 13.2. The molecule has 0 radical (unpaired) electrons. The molecule has 1 saturated carbocycles. The Morgan fingerprint density at radius 3 is 2.87 bits per heavy atom. The van der Waals surface area contributed by atoms with Gasteiger partial charge in [-0.3, -0.25) is 14.8 Å². The fraction of sp³-hybridized carbons (Fsp3) is 0.476. The first-order valence-electron chi connectivity index (χ1n) is 10.5. The van der Waals surface area contributed by atoms with E-state index in [4.69, 9.17) is 0 Å². The van der Waals surface area contributed by atoms with Crippen molar-refractivity contribution in [2.75, 3.05) is 20.1 Å². The summed E-state index contributed by atoms with van der Waals surface area (Å²) in [6, 6.07) is 11.2. The van der Waals surface area contributed by atoms with E-state index in [2.05, 4.69) is 68.0 Å². The Morgan fingerprint density at radius 2 is 2.07 bits per heavy atom. The first-order chi connectivity index (χ1) is 14.7. The minimum absolute atomic E-state index is 0.00575. The zero-order chi connectivity index (χ0) is 20.5. The molecule has 1 aliphatic carbocycles. The van der Waals surface area contributed by atoms with Gasteiger partial charge in [-0.2, -0.15) is 9.78 Å². The van der Waals surface area contributed by atoms with E-state index < -0.39 is 0 Å². The zero-order valence-corrected chi connectivity index (χ0v) is 17.1. The van der Waals surface area contributed by atoms with Crippen molar-refractivity contribution in [3.63, 3.8) is 0 Å². The molecule has 1 aromatic carbocycles. The van der Waals surface area contributed by atoms with Crippen LogP contribution in [0.25, 0.3) is 5.82 Å². The SMILES string of the molecule is CN(Cc1ccccc1)[C@H]1C[C@H]2CCN(C(=O)c3cn[nH]c3-n3cnnn3)C[C@H]2C1. The number of H-pyrrole nitrogens is 1. The quantitative estimate of drug-likeness (QED) is 0.694. The van der Waals surface area contributed by atoms with E-state index >= 15 is 0 Å². The molecule has 9 heteroatoms. The second-order valence-electron chi connectivity index (χ2n) is 8.47. The van der Waals surface area contributed by atoms with Gasteiger partial charge in [0.15, 0.2) is 5.82 Å². The summed E-state index contributed by atoms with van der Waals surface area (Å²) in [4.78, 5) is 17.6. The Bertz CT molecular complexity index is 986. The van der Waals surface area contributed by atoms with Crippen molar-refractivity contribution in [2.45, 2.75) is 31.8 Å². The van der Waals surface area contributed by atoms with Gasteiger partial charge in [-0.25, -0.2) is 0 Å². The normalized spacial score (nSPS) is 23.7. The maximum Gasteiger partial charge on any atom is 0.259 e. The predicted molar refractivity (Wildman–Crippen MR) is 110 cm³/mol. The summed E-state index contributed by atoms with van der Waals surface area (Å²) in [6.45, 7) is 2.56. The molecule has 2 aliphatic rings. The third-order valence-electron chi connectivity index (χ3n) is 6.65. The average molecular weight is 406 g/mol. The van der Waals surface area contributed by atoms with Crippen LogP contribution in [0.5, 0.6) is 0 Å². The molecular weight excluding hydrogens is 380 g/mol. The first kappa shape index (κ1) is 18.9. The molecule has 30 heavy (non-hydrogen) atoms. The fourth-order valence-corrected chi connectivity index (χ4v) is 5.04. The average Bonchev–Trinajstić information content (AvgIpc) is 3.53. The van der Waals surface area contributed by atoms with Crippen molar-refractivity contribution in [2.24, 2.45) is 11.8 Å². The number of benzene rings is 1. The lowest BCUT2D eigenvalue weighted by Gasteiger charge is -2.34. The third-order valence-corrected chi connectivity index (χ3v) is 6.65. The van der Waals surface area contributed by atoms with Gasteiger partial charge < -0.3 is 4.90 Å². The largest absolute Gasteiger partial charge is 0.338 e. The van der Waals surface area contributed by atoms with Crippen LogP contribution in [0.3, 0.4) is 0 Å². The molecule has 3 aromatic rings. The molecule has 9 nitrogen and oxygen atoms in total. The lowest BCUT2D eigenvalue weighted by Crippen LogP contribution is -2.42. The Hall–Kier alpha value is -3.07. The van der Waals surface area contributed by atoms with Crippen molar-refractivity contribution < 1.29 is 4.79 Å². The van der Waals surface area contributed by atoms with E-state index in [0.717, 1.165) is 32.5 Å². The van der Waals surface area contributed by atoms with Gasteiger partial charge in [-0.05, 0) is 54.1 Å². The monoisotopic (exact) mass is 406 g/mol. The summed E-state index contributed by atoms with van der Waals surface area (Å²) >= 11 is 0. The van der Waals surface area contributed by atoms with Crippen molar-refractivity contribution in [1.82, 2.24) is 40.2 Å². The zero-order valence-electron chi connectivity index (χ0n) is 17.1. The molecule has 1 aliphatic heterocycles. The lowest BCUT2D eigenvalue weighted by molar-refractivity contribution is 0.0627. The second kappa shape index (κ2) is 7.98. The van der Waals surface area contributed by atoms with Crippen LogP contribution in [0.4, 0.5) is 0 Å². The molecular formula is C21H26N8O. The van der Waals surface area contributed by atoms with E-state index in [9.17, 15) is 4.79 Å². The number of likely N-dealkylation sites (tertiary alicyclic amines) is 1. The summed E-state index contributed by atoms with van der Waals surface area (Å²) in [5.41, 5.74) is 1.86. The van der Waals surface area contributed by atoms with E-state index in [1.165, 1.54) is 23.0 Å². The number of carbonyl (C=O) groups is 1. The molecule has 1 N–H and O–H groups in total. The smallest absolute Gasteiger partial charge is 0.259 e. The van der Waals surface area contributed by atoms with Crippen LogP contribution in [-0.4, -0.2) is 72.3 Å². The number of hydrogen-bond acceptors (Lipinski definition) is 6. The number of carbonyl (C=O) groups excluding carboxylic acids is 1. The van der Waals surface area contributed by atoms with Crippen LogP contribution >= 0.6 is 0 Å². The molecule has 0 unspecified atom stereocenters. The van der Waals surface area contributed by atoms with Crippen LogP contribution in [0.1, 0.15) is 35.2 Å². The highest BCUT2D eigenvalue weighted by atomic mass is 16.2. The molecule has 0 bridgehead atoms. The number of piperidine rings is 1. The number of fused-ring (bicyclic) bond motifs is 1. The first-order valence-corrected chi connectivity index (χ1v) is 10.5. The van der Waals surface area contributed by atoms with Crippen LogP contribution in [0, 0.1) is 11.8 Å². The van der Waals surface area contributed by atoms with E-state index in [1.807, 2.05) is 4.90 Å². The predicted octanol–water partition coefficient (Wildman–Crippen LogP) is 1.76. The Labute approximate surface area is 175 Å². The Kier molecular flexibility index (Phi) is 5.04. The van der Waals surface area contributed by atoms with Gasteiger partial charge in [0.05, 0.1) is 6.20 Å². The molecule has 1 amide bonds. The van der Waals surface area contributed by atoms with Crippen LogP contribution in [0.15, 0.2) is 42.9 Å². The standard InChI is InChI=1S/C21H26N8O/c1-27(12-15-5-3-2-4-6-15)18-9-16-7-8-28(13-17(16)10-18)21(30)19-11-22-24-20(19)29-14-23-25-26-29/h2-6,11,14,16-18H,7-10,12-13H2,1H3,(H,22,24)/t16-,17-,18+/m1/s1. The van der Waals surface area contributed by atoms with Crippen LogP contribution in [-0.2, 0) is 6.54 Å². The number of tetrazole rings is 1. The number of aromatic nitrogens is 6. The van der Waals surface area contributed by atoms with Gasteiger partial charge in [0.25, 0.3) is 5.91 Å². The van der Waals surface area contributed by atoms with Gasteiger partial charge >= 0.3 is 0 Å². The molecule has 0 spiro atoms. The van der Waals surface area contributed by atoms with E-state index in [-0.39, 0.29) is 5.91 Å². The molecule has 5 rings (SSSR count). The maximum absolute atomic E-state index is 13.2. The second-order valence-corrected chi connectivity index (χ2v) is 8.47. The van der Waals surface area contributed by atoms with Gasteiger partial charge in [-0.15, -0.1) is 5.10 Å². The van der Waals surface area contributed by atoms with E-state index in [0.29, 0.717) is 29.3 Å². The highest BCUT2D eigenvalue weighted by Gasteiger charge is 2.41. The molecule has 3 heterocycles. The van der Waals surface area contributed by atoms with Crippen molar-refractivity contribution in [3.8, 4) is 5.82 Å². The number of aromatic amines is 1. The van der Waals surface area contributed by atoms with Crippen molar-refractivity contribution in [1.29, 1.82) is 0 Å². The summed E-state index contributed by atoms with van der Waals surface area (Å²) < 4.78 is 1.44. The fourth-order valence-electron chi connectivity index (χ4n) is 5.04. The summed E-state index contributed by atoms with van der Waals surface area (Å²) in [6.07, 6.45) is 6.45. The Balaban J connectivity index is 1.24. The lowest BCUT2D eigenvalue weighted by atomic mass is 9.88. The number of nitrogens with zero attached hydrogens (tertiary/aromatic N) is 7. The van der Waals surface area contributed by atoms with Crippen molar-refractivity contribution in [3.05, 3.63) is 54.0 Å². The highest BCUT2D eigenvalue weighted by Crippen LogP contribution is 2.40. The Morgan fingerprint density at radius 1 is 1.23 bits per heavy atom. The van der Waals surface area contributed by atoms with Gasteiger partial charge in [-0.1, -0.05) is 30.3 Å².